The number of aromatic hydroxyl groups is 1. The monoisotopic (exact) mass is 383 g/mol. The third kappa shape index (κ3) is 3.54. The Labute approximate surface area is 171 Å². The van der Waals surface area contributed by atoms with Gasteiger partial charge in [0.15, 0.2) is 5.82 Å². The summed E-state index contributed by atoms with van der Waals surface area (Å²) in [6.07, 6.45) is 0.968. The molecule has 4 nitrogen and oxygen atoms in total. The average Bonchev–Trinajstić information content (AvgIpc) is 2.74. The minimum atomic E-state index is 0.218. The lowest BCUT2D eigenvalue weighted by Crippen LogP contribution is -2.25. The number of phenols is 1. The van der Waals surface area contributed by atoms with Gasteiger partial charge in [-0.05, 0) is 42.7 Å². The molecule has 146 valence electrons. The van der Waals surface area contributed by atoms with Gasteiger partial charge in [-0.15, -0.1) is 10.2 Å². The van der Waals surface area contributed by atoms with E-state index in [4.69, 9.17) is 0 Å². The Morgan fingerprint density at radius 2 is 1.59 bits per heavy atom. The molecule has 4 heteroatoms. The summed E-state index contributed by atoms with van der Waals surface area (Å²) in [5.74, 6) is 1.13. The van der Waals surface area contributed by atoms with Crippen LogP contribution in [0.1, 0.15) is 30.5 Å². The zero-order valence-electron chi connectivity index (χ0n) is 17.0. The molecule has 1 aromatic heterocycles. The largest absolute Gasteiger partial charge is 0.508 e. The Morgan fingerprint density at radius 3 is 2.28 bits per heavy atom. The van der Waals surface area contributed by atoms with E-state index in [1.54, 1.807) is 12.1 Å². The molecule has 0 spiro atoms. The summed E-state index contributed by atoms with van der Waals surface area (Å²) in [5.41, 5.74) is 4.06. The van der Waals surface area contributed by atoms with Gasteiger partial charge < -0.3 is 10.0 Å². The molecular formula is C25H25N3O. The van der Waals surface area contributed by atoms with Gasteiger partial charge in [0.2, 0.25) is 0 Å². The fourth-order valence-electron chi connectivity index (χ4n) is 4.02. The molecule has 0 saturated carbocycles. The molecule has 1 heterocycles. The Bertz CT molecular complexity index is 1140. The Balaban J connectivity index is 1.85. The van der Waals surface area contributed by atoms with Crippen LogP contribution in [0.5, 0.6) is 5.75 Å². The third-order valence-electron chi connectivity index (χ3n) is 5.51. The predicted molar refractivity (Wildman–Crippen MR) is 119 cm³/mol. The Kier molecular flexibility index (Phi) is 5.17. The first-order valence-corrected chi connectivity index (χ1v) is 9.93. The first-order valence-electron chi connectivity index (χ1n) is 9.93. The number of benzene rings is 3. The molecule has 1 atom stereocenters. The number of phenolic OH excluding ortho intramolecular Hbond substituents is 1. The van der Waals surface area contributed by atoms with Crippen molar-refractivity contribution in [3.05, 3.63) is 83.9 Å². The summed E-state index contributed by atoms with van der Waals surface area (Å²) in [6, 6.07) is 24.4. The van der Waals surface area contributed by atoms with Gasteiger partial charge in [-0.2, -0.15) is 0 Å². The lowest BCUT2D eigenvalue weighted by atomic mass is 9.99. The Morgan fingerprint density at radius 1 is 0.897 bits per heavy atom. The number of anilines is 1. The zero-order valence-corrected chi connectivity index (χ0v) is 17.0. The summed E-state index contributed by atoms with van der Waals surface area (Å²) in [5, 5.41) is 21.2. The third-order valence-corrected chi connectivity index (χ3v) is 5.51. The van der Waals surface area contributed by atoms with Crippen molar-refractivity contribution < 1.29 is 5.11 Å². The number of aromatic nitrogens is 2. The Hall–Kier alpha value is -3.40. The topological polar surface area (TPSA) is 49.2 Å². The lowest BCUT2D eigenvalue weighted by molar-refractivity contribution is 0.475. The van der Waals surface area contributed by atoms with E-state index >= 15 is 0 Å². The lowest BCUT2D eigenvalue weighted by Gasteiger charge is -2.29. The SMILES string of the molecule is CCC(c1ccccc1)N(C)c1nnc(-c2ccc(O)cc2C)c2ccccc12. The molecule has 0 fully saturated rings. The fraction of sp³-hybridized carbons (Fsp3) is 0.200. The summed E-state index contributed by atoms with van der Waals surface area (Å²) in [4.78, 5) is 2.22. The minimum absolute atomic E-state index is 0.218. The van der Waals surface area contributed by atoms with Crippen LogP contribution in [0, 0.1) is 6.92 Å². The summed E-state index contributed by atoms with van der Waals surface area (Å²) < 4.78 is 0. The van der Waals surface area contributed by atoms with E-state index in [2.05, 4.69) is 65.5 Å². The molecule has 0 aliphatic carbocycles. The van der Waals surface area contributed by atoms with E-state index in [0.717, 1.165) is 39.8 Å². The molecule has 0 aliphatic heterocycles. The molecule has 3 aromatic carbocycles. The van der Waals surface area contributed by atoms with E-state index in [1.165, 1.54) is 5.56 Å². The molecule has 0 bridgehead atoms. The zero-order chi connectivity index (χ0) is 20.4. The highest BCUT2D eigenvalue weighted by Crippen LogP contribution is 2.36. The highest BCUT2D eigenvalue weighted by molar-refractivity contribution is 6.00. The number of hydrogen-bond acceptors (Lipinski definition) is 4. The average molecular weight is 383 g/mol. The van der Waals surface area contributed by atoms with E-state index in [0.29, 0.717) is 0 Å². The van der Waals surface area contributed by atoms with Crippen LogP contribution in [0.2, 0.25) is 0 Å². The summed E-state index contributed by atoms with van der Waals surface area (Å²) >= 11 is 0. The van der Waals surface area contributed by atoms with Gasteiger partial charge in [-0.1, -0.05) is 61.5 Å². The number of rotatable bonds is 5. The van der Waals surface area contributed by atoms with Crippen LogP contribution in [0.3, 0.4) is 0 Å². The quantitative estimate of drug-likeness (QED) is 0.466. The van der Waals surface area contributed by atoms with Crippen LogP contribution < -0.4 is 4.90 Å². The standard InChI is InChI=1S/C25H25N3O/c1-4-23(18-10-6-5-7-11-18)28(3)25-22-13-9-8-12-21(22)24(26-27-25)20-15-14-19(29)16-17(20)2/h5-16,23,29H,4H2,1-3H3. The first kappa shape index (κ1) is 18.9. The van der Waals surface area contributed by atoms with Crippen LogP contribution in [0.25, 0.3) is 22.0 Å². The number of nitrogens with zero attached hydrogens (tertiary/aromatic N) is 3. The van der Waals surface area contributed by atoms with Crippen LogP contribution in [-0.4, -0.2) is 22.4 Å². The molecule has 4 rings (SSSR count). The summed E-state index contributed by atoms with van der Waals surface area (Å²) in [6.45, 7) is 4.17. The van der Waals surface area contributed by atoms with E-state index in [-0.39, 0.29) is 11.8 Å². The van der Waals surface area contributed by atoms with Gasteiger partial charge >= 0.3 is 0 Å². The molecule has 0 amide bonds. The first-order chi connectivity index (χ1) is 14.1. The van der Waals surface area contributed by atoms with Crippen molar-refractivity contribution in [2.75, 3.05) is 11.9 Å². The number of aryl methyl sites for hydroxylation is 1. The minimum Gasteiger partial charge on any atom is -0.508 e. The van der Waals surface area contributed by atoms with E-state index < -0.39 is 0 Å². The second-order valence-corrected chi connectivity index (χ2v) is 7.36. The second-order valence-electron chi connectivity index (χ2n) is 7.36. The van der Waals surface area contributed by atoms with Crippen LogP contribution >= 0.6 is 0 Å². The van der Waals surface area contributed by atoms with Gasteiger partial charge in [-0.25, -0.2) is 0 Å². The van der Waals surface area contributed by atoms with Crippen molar-refractivity contribution in [1.29, 1.82) is 0 Å². The van der Waals surface area contributed by atoms with Crippen molar-refractivity contribution in [1.82, 2.24) is 10.2 Å². The van der Waals surface area contributed by atoms with Gasteiger partial charge in [-0.3, -0.25) is 0 Å². The van der Waals surface area contributed by atoms with Crippen molar-refractivity contribution >= 4 is 16.6 Å². The second kappa shape index (κ2) is 7.92. The van der Waals surface area contributed by atoms with Gasteiger partial charge in [0.05, 0.1) is 6.04 Å². The maximum Gasteiger partial charge on any atom is 0.159 e. The smallest absolute Gasteiger partial charge is 0.159 e. The predicted octanol–water partition coefficient (Wildman–Crippen LogP) is 5.90. The maximum atomic E-state index is 9.77. The van der Waals surface area contributed by atoms with Crippen molar-refractivity contribution in [3.63, 3.8) is 0 Å². The van der Waals surface area contributed by atoms with E-state index in [1.807, 2.05) is 31.2 Å². The van der Waals surface area contributed by atoms with E-state index in [9.17, 15) is 5.11 Å². The molecule has 1 N–H and O–H groups in total. The van der Waals surface area contributed by atoms with Crippen LogP contribution in [0.4, 0.5) is 5.82 Å². The highest BCUT2D eigenvalue weighted by atomic mass is 16.3. The molecule has 1 unspecified atom stereocenters. The molecular weight excluding hydrogens is 358 g/mol. The highest BCUT2D eigenvalue weighted by Gasteiger charge is 2.21. The molecule has 0 radical (unpaired) electrons. The number of fused-ring (bicyclic) bond motifs is 1. The van der Waals surface area contributed by atoms with Gasteiger partial charge in [0.25, 0.3) is 0 Å². The normalized spacial score (nSPS) is 12.1. The molecule has 0 aliphatic rings. The molecule has 0 saturated heterocycles. The number of hydrogen-bond donors (Lipinski definition) is 1. The van der Waals surface area contributed by atoms with Crippen molar-refractivity contribution in [2.24, 2.45) is 0 Å². The van der Waals surface area contributed by atoms with Crippen molar-refractivity contribution in [3.8, 4) is 17.0 Å². The molecule has 29 heavy (non-hydrogen) atoms. The van der Waals surface area contributed by atoms with Gasteiger partial charge in [0.1, 0.15) is 11.4 Å². The molecule has 4 aromatic rings. The fourth-order valence-corrected chi connectivity index (χ4v) is 4.02. The summed E-state index contributed by atoms with van der Waals surface area (Å²) in [7, 11) is 2.09. The van der Waals surface area contributed by atoms with Crippen molar-refractivity contribution in [2.45, 2.75) is 26.3 Å². The van der Waals surface area contributed by atoms with Crippen LogP contribution in [0.15, 0.2) is 72.8 Å². The van der Waals surface area contributed by atoms with Crippen LogP contribution in [-0.2, 0) is 0 Å². The van der Waals surface area contributed by atoms with Gasteiger partial charge in [0, 0.05) is 23.4 Å². The maximum absolute atomic E-state index is 9.77.